The second kappa shape index (κ2) is 10.8. The Bertz CT molecular complexity index is 894. The molecule has 0 aromatic heterocycles. The van der Waals surface area contributed by atoms with Crippen molar-refractivity contribution in [3.8, 4) is 12.5 Å². The summed E-state index contributed by atoms with van der Waals surface area (Å²) >= 11 is 4.20. The Morgan fingerprint density at radius 1 is 1.16 bits per heavy atom. The lowest BCUT2D eigenvalue weighted by Gasteiger charge is -2.33. The van der Waals surface area contributed by atoms with E-state index in [2.05, 4.69) is 29.3 Å². The molecule has 0 aliphatic heterocycles. The van der Waals surface area contributed by atoms with E-state index in [1.165, 1.54) is 0 Å². The first-order chi connectivity index (χ1) is 14.6. The minimum atomic E-state index is -1.09. The van der Waals surface area contributed by atoms with Gasteiger partial charge in [-0.25, -0.2) is 4.79 Å². The highest BCUT2D eigenvalue weighted by Gasteiger charge is 2.37. The zero-order chi connectivity index (χ0) is 24.9. The number of alkyl carbamates (subject to hydrolysis) is 1. The quantitative estimate of drug-likeness (QED) is 0.344. The lowest BCUT2D eigenvalue weighted by molar-refractivity contribution is -0.138. The van der Waals surface area contributed by atoms with Crippen LogP contribution < -0.4 is 10.6 Å². The van der Waals surface area contributed by atoms with Gasteiger partial charge in [-0.1, -0.05) is 30.2 Å². The van der Waals surface area contributed by atoms with Gasteiger partial charge >= 0.3 is 6.09 Å². The van der Waals surface area contributed by atoms with Crippen LogP contribution in [0.15, 0.2) is 18.2 Å². The van der Waals surface area contributed by atoms with Crippen molar-refractivity contribution in [2.24, 2.45) is 0 Å². The fraction of sp³-hybridized carbons (Fsp3) is 0.542. The van der Waals surface area contributed by atoms with Gasteiger partial charge < -0.3 is 15.4 Å². The summed E-state index contributed by atoms with van der Waals surface area (Å²) in [6.45, 7) is 14.4. The van der Waals surface area contributed by atoms with Gasteiger partial charge in [-0.3, -0.25) is 14.5 Å². The van der Waals surface area contributed by atoms with Crippen molar-refractivity contribution < 1.29 is 19.1 Å². The molecule has 0 bridgehead atoms. The number of carbonyl (C=O) groups is 3. The average molecular weight is 462 g/mol. The molecule has 2 N–H and O–H groups in total. The SMILES string of the molecule is C#CN(C(=O)C(CS)NC(=O)OC(C)(C)C)C(C(=O)NC(C)(C)C)c1cc(C)ccc1C. The first-order valence-electron chi connectivity index (χ1n) is 10.4. The molecule has 1 rings (SSSR count). The number of thiol groups is 1. The summed E-state index contributed by atoms with van der Waals surface area (Å²) in [4.78, 5) is 39.9. The Hall–Kier alpha value is -2.66. The smallest absolute Gasteiger partial charge is 0.408 e. The zero-order valence-electron chi connectivity index (χ0n) is 20.2. The number of aryl methyl sites for hydroxylation is 2. The number of terminal acetylenes is 1. The second-order valence-electron chi connectivity index (χ2n) is 9.72. The normalized spacial score (nSPS) is 13.4. The van der Waals surface area contributed by atoms with E-state index in [1.54, 1.807) is 20.8 Å². The molecular weight excluding hydrogens is 426 g/mol. The highest BCUT2D eigenvalue weighted by molar-refractivity contribution is 7.80. The third-order valence-corrected chi connectivity index (χ3v) is 4.65. The topological polar surface area (TPSA) is 87.7 Å². The summed E-state index contributed by atoms with van der Waals surface area (Å²) in [5.74, 6) is -1.09. The predicted molar refractivity (Wildman–Crippen MR) is 129 cm³/mol. The summed E-state index contributed by atoms with van der Waals surface area (Å²) < 4.78 is 5.24. The molecule has 1 aromatic rings. The lowest BCUT2D eigenvalue weighted by atomic mass is 9.95. The highest BCUT2D eigenvalue weighted by atomic mass is 32.1. The third kappa shape index (κ3) is 8.12. The van der Waals surface area contributed by atoms with Gasteiger partial charge in [0.05, 0.1) is 0 Å². The maximum Gasteiger partial charge on any atom is 0.408 e. The average Bonchev–Trinajstić information content (AvgIpc) is 2.62. The number of hydrogen-bond acceptors (Lipinski definition) is 5. The van der Waals surface area contributed by atoms with Gasteiger partial charge in [-0.05, 0) is 66.5 Å². The van der Waals surface area contributed by atoms with E-state index >= 15 is 0 Å². The molecule has 0 saturated heterocycles. The van der Waals surface area contributed by atoms with Crippen molar-refractivity contribution in [2.75, 3.05) is 5.75 Å². The molecule has 7 nitrogen and oxygen atoms in total. The number of ether oxygens (including phenoxy) is 1. The van der Waals surface area contributed by atoms with Crippen molar-refractivity contribution in [3.05, 3.63) is 34.9 Å². The van der Waals surface area contributed by atoms with Crippen molar-refractivity contribution >= 4 is 30.5 Å². The molecule has 0 fully saturated rings. The molecular formula is C24H35N3O4S. The van der Waals surface area contributed by atoms with E-state index in [1.807, 2.05) is 52.8 Å². The summed E-state index contributed by atoms with van der Waals surface area (Å²) in [6.07, 6.45) is 4.96. The molecule has 0 aliphatic carbocycles. The second-order valence-corrected chi connectivity index (χ2v) is 10.1. The molecule has 176 valence electrons. The Morgan fingerprint density at radius 3 is 2.22 bits per heavy atom. The van der Waals surface area contributed by atoms with E-state index in [0.717, 1.165) is 16.0 Å². The van der Waals surface area contributed by atoms with Crippen molar-refractivity contribution in [1.29, 1.82) is 0 Å². The van der Waals surface area contributed by atoms with E-state index in [4.69, 9.17) is 11.2 Å². The fourth-order valence-electron chi connectivity index (χ4n) is 2.96. The van der Waals surface area contributed by atoms with Crippen LogP contribution in [0.2, 0.25) is 0 Å². The van der Waals surface area contributed by atoms with Crippen molar-refractivity contribution in [2.45, 2.75) is 78.6 Å². The standard InChI is InChI=1S/C24H35N3O4S/c1-10-27(21(29)18(14-32)25-22(30)31-24(7,8)9)19(20(28)26-23(4,5)6)17-13-15(2)11-12-16(17)3/h1,11-13,18-19,32H,14H2,2-9H3,(H,25,30)(H,26,28). The first kappa shape index (κ1) is 27.4. The number of carbonyl (C=O) groups excluding carboxylic acids is 3. The molecule has 2 unspecified atom stereocenters. The molecule has 0 spiro atoms. The molecule has 0 heterocycles. The fourth-order valence-corrected chi connectivity index (χ4v) is 3.21. The Kier molecular flexibility index (Phi) is 9.22. The Morgan fingerprint density at radius 2 is 1.75 bits per heavy atom. The maximum atomic E-state index is 13.4. The number of nitrogens with zero attached hydrogens (tertiary/aromatic N) is 1. The molecule has 8 heteroatoms. The van der Waals surface area contributed by atoms with Gasteiger partial charge in [0.2, 0.25) is 5.91 Å². The molecule has 0 saturated carbocycles. The van der Waals surface area contributed by atoms with Gasteiger partial charge in [-0.2, -0.15) is 12.6 Å². The van der Waals surface area contributed by atoms with Gasteiger partial charge in [0.15, 0.2) is 0 Å². The van der Waals surface area contributed by atoms with Crippen molar-refractivity contribution in [3.63, 3.8) is 0 Å². The highest BCUT2D eigenvalue weighted by Crippen LogP contribution is 2.27. The summed E-state index contributed by atoms with van der Waals surface area (Å²) in [7, 11) is 0. The Labute approximate surface area is 197 Å². The first-order valence-corrected chi connectivity index (χ1v) is 11.0. The number of rotatable bonds is 6. The van der Waals surface area contributed by atoms with Crippen LogP contribution in [0, 0.1) is 26.3 Å². The largest absolute Gasteiger partial charge is 0.444 e. The maximum absolute atomic E-state index is 13.4. The number of hydrogen-bond donors (Lipinski definition) is 3. The summed E-state index contributed by atoms with van der Waals surface area (Å²) in [6, 6.07) is 5.79. The van der Waals surface area contributed by atoms with Crippen LogP contribution in [0.1, 0.15) is 64.3 Å². The third-order valence-electron chi connectivity index (χ3n) is 4.28. The van der Waals surface area contributed by atoms with E-state index in [9.17, 15) is 14.4 Å². The van der Waals surface area contributed by atoms with Crippen LogP contribution in [0.3, 0.4) is 0 Å². The van der Waals surface area contributed by atoms with E-state index in [-0.39, 0.29) is 5.75 Å². The molecule has 32 heavy (non-hydrogen) atoms. The predicted octanol–water partition coefficient (Wildman–Crippen LogP) is 3.50. The minimum absolute atomic E-state index is 0.0311. The zero-order valence-corrected chi connectivity index (χ0v) is 21.1. The summed E-state index contributed by atoms with van der Waals surface area (Å²) in [5.41, 5.74) is 1.04. The van der Waals surface area contributed by atoms with Crippen molar-refractivity contribution in [1.82, 2.24) is 15.5 Å². The lowest BCUT2D eigenvalue weighted by Crippen LogP contribution is -2.54. The van der Waals surface area contributed by atoms with Gasteiger partial charge in [0, 0.05) is 17.3 Å². The van der Waals surface area contributed by atoms with Crippen LogP contribution in [0.5, 0.6) is 0 Å². The van der Waals surface area contributed by atoms with Crippen LogP contribution in [-0.2, 0) is 14.3 Å². The Balaban J connectivity index is 3.40. The van der Waals surface area contributed by atoms with Crippen LogP contribution >= 0.6 is 12.6 Å². The van der Waals surface area contributed by atoms with Gasteiger partial charge in [0.25, 0.3) is 5.91 Å². The van der Waals surface area contributed by atoms with E-state index < -0.39 is 41.1 Å². The number of nitrogens with one attached hydrogen (secondary N) is 2. The van der Waals surface area contributed by atoms with Crippen LogP contribution in [0.4, 0.5) is 4.79 Å². The van der Waals surface area contributed by atoms with Gasteiger partial charge in [0.1, 0.15) is 17.7 Å². The van der Waals surface area contributed by atoms with Crippen LogP contribution in [0.25, 0.3) is 0 Å². The van der Waals surface area contributed by atoms with Gasteiger partial charge in [-0.15, -0.1) is 0 Å². The molecule has 0 aliphatic rings. The van der Waals surface area contributed by atoms with E-state index in [0.29, 0.717) is 5.56 Å². The molecule has 0 radical (unpaired) electrons. The number of amides is 3. The molecule has 1 aromatic carbocycles. The molecule has 2 atom stereocenters. The monoisotopic (exact) mass is 461 g/mol. The van der Waals surface area contributed by atoms with Crippen LogP contribution in [-0.4, -0.2) is 45.7 Å². The molecule has 3 amide bonds. The minimum Gasteiger partial charge on any atom is -0.444 e. The number of benzene rings is 1. The summed E-state index contributed by atoms with van der Waals surface area (Å²) in [5, 5.41) is 5.40.